The number of unbranched alkanes of at least 4 members (excludes halogenated alkanes) is 13. The highest BCUT2D eigenvalue weighted by atomic mass is 16.5. The molecule has 0 saturated heterocycles. The number of rotatable bonds is 33. The van der Waals surface area contributed by atoms with Crippen LogP contribution in [-0.4, -0.2) is 88.1 Å². The van der Waals surface area contributed by atoms with Crippen LogP contribution in [0, 0.1) is 0 Å². The van der Waals surface area contributed by atoms with E-state index in [1.54, 1.807) is 0 Å². The maximum absolute atomic E-state index is 12.0. The first kappa shape index (κ1) is 40.8. The second-order valence-corrected chi connectivity index (χ2v) is 10.9. The van der Waals surface area contributed by atoms with Crippen molar-refractivity contribution in [3.63, 3.8) is 0 Å². The van der Waals surface area contributed by atoms with E-state index in [0.29, 0.717) is 78.4 Å². The van der Waals surface area contributed by atoms with Gasteiger partial charge in [0.05, 0.1) is 26.4 Å². The predicted octanol–water partition coefficient (Wildman–Crippen LogP) is 4.51. The molecule has 0 aromatic heterocycles. The van der Waals surface area contributed by atoms with E-state index < -0.39 is 5.97 Å². The first-order valence-corrected chi connectivity index (χ1v) is 16.7. The van der Waals surface area contributed by atoms with Crippen LogP contribution < -0.4 is 16.0 Å². The topological polar surface area (TPSA) is 152 Å². The van der Waals surface area contributed by atoms with Gasteiger partial charge in [0.15, 0.2) is 0 Å². The Labute approximate surface area is 259 Å². The number of hydrogen-bond donors (Lipinski definition) is 4. The van der Waals surface area contributed by atoms with Crippen molar-refractivity contribution in [2.75, 3.05) is 59.3 Å². The van der Waals surface area contributed by atoms with Crippen LogP contribution in [0.25, 0.3) is 0 Å². The lowest BCUT2D eigenvalue weighted by atomic mass is 10.0. The Kier molecular flexibility index (Phi) is 31.0. The third kappa shape index (κ3) is 34.1. The zero-order valence-electron chi connectivity index (χ0n) is 26.9. The normalized spacial score (nSPS) is 10.9. The van der Waals surface area contributed by atoms with Gasteiger partial charge in [0, 0.05) is 45.5 Å². The Morgan fingerprint density at radius 2 is 0.884 bits per heavy atom. The Morgan fingerprint density at radius 3 is 1.42 bits per heavy atom. The molecule has 0 bridgehead atoms. The molecule has 0 radical (unpaired) electrons. The van der Waals surface area contributed by atoms with E-state index in [2.05, 4.69) is 16.0 Å². The van der Waals surface area contributed by atoms with Crippen LogP contribution >= 0.6 is 0 Å². The number of carboxylic acids is 1. The second kappa shape index (κ2) is 32.7. The van der Waals surface area contributed by atoms with E-state index in [0.717, 1.165) is 32.1 Å². The number of carbonyl (C=O) groups excluding carboxylic acids is 3. The van der Waals surface area contributed by atoms with Crippen molar-refractivity contribution < 1.29 is 38.5 Å². The Bertz CT molecular complexity index is 694. The van der Waals surface area contributed by atoms with Crippen LogP contribution in [0.1, 0.15) is 122 Å². The minimum atomic E-state index is -0.689. The first-order valence-electron chi connectivity index (χ1n) is 16.7. The van der Waals surface area contributed by atoms with Crippen LogP contribution in [0.3, 0.4) is 0 Å². The lowest BCUT2D eigenvalue weighted by Crippen LogP contribution is -2.31. The van der Waals surface area contributed by atoms with Gasteiger partial charge in [-0.15, -0.1) is 0 Å². The summed E-state index contributed by atoms with van der Waals surface area (Å²) in [5, 5.41) is 17.0. The van der Waals surface area contributed by atoms with Gasteiger partial charge < -0.3 is 35.3 Å². The molecule has 0 aromatic rings. The monoisotopic (exact) mass is 615 g/mol. The number of carbonyl (C=O) groups is 4. The summed E-state index contributed by atoms with van der Waals surface area (Å²) in [5.41, 5.74) is 0. The molecule has 43 heavy (non-hydrogen) atoms. The number of carboxylic acid groups (broad SMARTS) is 1. The van der Waals surface area contributed by atoms with Crippen LogP contribution in [-0.2, 0) is 33.4 Å². The van der Waals surface area contributed by atoms with Crippen molar-refractivity contribution in [2.45, 2.75) is 122 Å². The van der Waals surface area contributed by atoms with Crippen molar-refractivity contribution in [2.24, 2.45) is 0 Å². The second-order valence-electron chi connectivity index (χ2n) is 10.9. The molecular weight excluding hydrogens is 554 g/mol. The van der Waals surface area contributed by atoms with E-state index >= 15 is 0 Å². The van der Waals surface area contributed by atoms with Gasteiger partial charge in [0.1, 0.15) is 6.61 Å². The summed E-state index contributed by atoms with van der Waals surface area (Å²) in [6, 6.07) is 0. The van der Waals surface area contributed by atoms with E-state index in [-0.39, 0.29) is 24.3 Å². The maximum atomic E-state index is 12.0. The van der Waals surface area contributed by atoms with Crippen LogP contribution in [0.5, 0.6) is 0 Å². The minimum absolute atomic E-state index is 0.0211. The highest BCUT2D eigenvalue weighted by Gasteiger charge is 2.04. The molecule has 0 aromatic carbocycles. The Morgan fingerprint density at radius 1 is 0.465 bits per heavy atom. The van der Waals surface area contributed by atoms with Gasteiger partial charge in [-0.3, -0.25) is 19.2 Å². The molecule has 0 spiro atoms. The Hall–Kier alpha value is -2.24. The number of aliphatic carboxylic acids is 1. The number of nitrogens with one attached hydrogen (secondary N) is 3. The van der Waals surface area contributed by atoms with Gasteiger partial charge in [-0.1, -0.05) is 77.0 Å². The molecule has 0 aliphatic carbocycles. The largest absolute Gasteiger partial charge is 0.481 e. The van der Waals surface area contributed by atoms with Gasteiger partial charge in [0.25, 0.3) is 0 Å². The van der Waals surface area contributed by atoms with Crippen molar-refractivity contribution in [1.82, 2.24) is 16.0 Å². The van der Waals surface area contributed by atoms with Gasteiger partial charge >= 0.3 is 5.97 Å². The van der Waals surface area contributed by atoms with E-state index in [1.165, 1.54) is 57.8 Å². The number of hydrogen-bond acceptors (Lipinski definition) is 7. The lowest BCUT2D eigenvalue weighted by molar-refractivity contribution is -0.137. The van der Waals surface area contributed by atoms with Gasteiger partial charge in [-0.2, -0.15) is 0 Å². The molecule has 0 aliphatic rings. The predicted molar refractivity (Wildman–Crippen MR) is 168 cm³/mol. The zero-order chi connectivity index (χ0) is 31.6. The van der Waals surface area contributed by atoms with E-state index in [4.69, 9.17) is 19.3 Å². The quantitative estimate of drug-likeness (QED) is 0.0787. The highest BCUT2D eigenvalue weighted by Crippen LogP contribution is 2.13. The molecule has 0 fully saturated rings. The summed E-state index contributed by atoms with van der Waals surface area (Å²) in [7, 11) is 0. The minimum Gasteiger partial charge on any atom is -0.481 e. The SMILES string of the molecule is CCOCCNC(=O)COCCOCCNC(=O)CCCNC(=O)CCCCCCCCCCCCCCCCC(=O)O. The molecule has 252 valence electrons. The van der Waals surface area contributed by atoms with E-state index in [9.17, 15) is 19.2 Å². The zero-order valence-corrected chi connectivity index (χ0v) is 26.9. The molecule has 0 saturated carbocycles. The summed E-state index contributed by atoms with van der Waals surface area (Å²) in [6.07, 6.45) is 18.1. The summed E-state index contributed by atoms with van der Waals surface area (Å²) >= 11 is 0. The summed E-state index contributed by atoms with van der Waals surface area (Å²) in [6.45, 7) is 5.36. The fourth-order valence-electron chi connectivity index (χ4n) is 4.44. The molecule has 4 N–H and O–H groups in total. The maximum Gasteiger partial charge on any atom is 0.303 e. The summed E-state index contributed by atoms with van der Waals surface area (Å²) in [5.74, 6) is -0.890. The Balaban J connectivity index is 3.32. The van der Waals surface area contributed by atoms with Gasteiger partial charge in [-0.05, 0) is 26.2 Å². The third-order valence-corrected chi connectivity index (χ3v) is 6.89. The fraction of sp³-hybridized carbons (Fsp3) is 0.875. The fourth-order valence-corrected chi connectivity index (χ4v) is 4.44. The van der Waals surface area contributed by atoms with E-state index in [1.807, 2.05) is 6.92 Å². The highest BCUT2D eigenvalue weighted by molar-refractivity contribution is 5.77. The summed E-state index contributed by atoms with van der Waals surface area (Å²) < 4.78 is 15.8. The van der Waals surface area contributed by atoms with Crippen molar-refractivity contribution in [3.05, 3.63) is 0 Å². The van der Waals surface area contributed by atoms with Crippen molar-refractivity contribution >= 4 is 23.7 Å². The smallest absolute Gasteiger partial charge is 0.303 e. The molecule has 0 atom stereocenters. The van der Waals surface area contributed by atoms with Gasteiger partial charge in [-0.25, -0.2) is 0 Å². The molecule has 3 amide bonds. The van der Waals surface area contributed by atoms with Crippen LogP contribution in [0.2, 0.25) is 0 Å². The molecule has 0 unspecified atom stereocenters. The van der Waals surface area contributed by atoms with Crippen LogP contribution in [0.4, 0.5) is 0 Å². The molecule has 11 heteroatoms. The molecule has 11 nitrogen and oxygen atoms in total. The number of ether oxygens (including phenoxy) is 3. The molecule has 0 heterocycles. The summed E-state index contributed by atoms with van der Waals surface area (Å²) in [4.78, 5) is 45.9. The average Bonchev–Trinajstić information content (AvgIpc) is 2.98. The average molecular weight is 616 g/mol. The standard InChI is InChI=1S/C32H61N3O8/c1-2-41-24-22-35-31(38)28-43-27-26-42-25-23-34-30(37)19-17-21-33-29(36)18-15-13-11-9-7-5-3-4-6-8-10-12-14-16-20-32(39)40/h2-28H2,1H3,(H,33,36)(H,34,37)(H,35,38)(H,39,40). The van der Waals surface area contributed by atoms with Crippen molar-refractivity contribution in [1.29, 1.82) is 0 Å². The molecule has 0 rings (SSSR count). The third-order valence-electron chi connectivity index (χ3n) is 6.89. The van der Waals surface area contributed by atoms with Crippen molar-refractivity contribution in [3.8, 4) is 0 Å². The van der Waals surface area contributed by atoms with Crippen LogP contribution in [0.15, 0.2) is 0 Å². The number of amides is 3. The van der Waals surface area contributed by atoms with Gasteiger partial charge in [0.2, 0.25) is 17.7 Å². The molecule has 0 aliphatic heterocycles. The first-order chi connectivity index (χ1) is 21.0. The molecular formula is C32H61N3O8. The lowest BCUT2D eigenvalue weighted by Gasteiger charge is -2.08.